The van der Waals surface area contributed by atoms with Crippen LogP contribution in [0.1, 0.15) is 30.3 Å². The third-order valence-corrected chi connectivity index (χ3v) is 6.40. The summed E-state index contributed by atoms with van der Waals surface area (Å²) < 4.78 is 30.8. The summed E-state index contributed by atoms with van der Waals surface area (Å²) in [7, 11) is -3.20. The van der Waals surface area contributed by atoms with Crippen molar-refractivity contribution >= 4 is 31.6 Å². The first-order valence-electron chi connectivity index (χ1n) is 6.71. The van der Waals surface area contributed by atoms with Crippen LogP contribution in [0.2, 0.25) is 0 Å². The minimum absolute atomic E-state index is 0.191. The molecule has 1 saturated heterocycles. The highest BCUT2D eigenvalue weighted by atomic mass is 79.9. The van der Waals surface area contributed by atoms with Crippen LogP contribution in [-0.2, 0) is 9.84 Å². The van der Waals surface area contributed by atoms with E-state index >= 15 is 0 Å². The van der Waals surface area contributed by atoms with Crippen molar-refractivity contribution in [2.45, 2.75) is 24.5 Å². The molecule has 1 aromatic heterocycles. The van der Waals surface area contributed by atoms with Crippen LogP contribution in [-0.4, -0.2) is 19.3 Å². The Morgan fingerprint density at radius 1 is 1.33 bits per heavy atom. The number of nitrogens with two attached hydrogens (primary N) is 1. The predicted octanol–water partition coefficient (Wildman–Crippen LogP) is 3.33. The summed E-state index contributed by atoms with van der Waals surface area (Å²) in [4.78, 5) is 0. The first-order valence-corrected chi connectivity index (χ1v) is 9.22. The highest BCUT2D eigenvalue weighted by Crippen LogP contribution is 2.41. The van der Waals surface area contributed by atoms with Gasteiger partial charge in [-0.3, -0.25) is 0 Å². The highest BCUT2D eigenvalue weighted by Gasteiger charge is 2.36. The molecule has 1 unspecified atom stereocenters. The minimum atomic E-state index is -3.20. The van der Waals surface area contributed by atoms with Crippen molar-refractivity contribution in [1.82, 2.24) is 5.16 Å². The second kappa shape index (κ2) is 5.46. The Kier molecular flexibility index (Phi) is 3.79. The van der Waals surface area contributed by atoms with Gasteiger partial charge in [0.05, 0.1) is 11.3 Å². The molecule has 21 heavy (non-hydrogen) atoms. The van der Waals surface area contributed by atoms with Crippen LogP contribution in [0.3, 0.4) is 0 Å². The molecule has 1 aromatic carbocycles. The van der Waals surface area contributed by atoms with Crippen LogP contribution in [0.15, 0.2) is 33.3 Å². The van der Waals surface area contributed by atoms with E-state index in [0.717, 1.165) is 16.5 Å². The second-order valence-electron chi connectivity index (χ2n) is 5.17. The molecular formula is C14H15BrN2O3S. The van der Waals surface area contributed by atoms with E-state index < -0.39 is 15.1 Å². The number of nitrogens with zero attached hydrogens (tertiary/aromatic N) is 1. The lowest BCUT2D eigenvalue weighted by Crippen LogP contribution is -2.21. The monoisotopic (exact) mass is 370 g/mol. The fourth-order valence-electron chi connectivity index (χ4n) is 2.72. The zero-order valence-corrected chi connectivity index (χ0v) is 13.7. The third kappa shape index (κ3) is 2.72. The predicted molar refractivity (Wildman–Crippen MR) is 84.4 cm³/mol. The number of rotatable bonds is 2. The summed E-state index contributed by atoms with van der Waals surface area (Å²) in [6, 6.07) is 7.50. The summed E-state index contributed by atoms with van der Waals surface area (Å²) in [5.74, 6) is 0.782. The van der Waals surface area contributed by atoms with Crippen LogP contribution in [0.4, 0.5) is 5.82 Å². The van der Waals surface area contributed by atoms with Gasteiger partial charge in [-0.1, -0.05) is 39.6 Å². The number of hydrogen-bond acceptors (Lipinski definition) is 5. The van der Waals surface area contributed by atoms with Gasteiger partial charge in [-0.15, -0.1) is 0 Å². The lowest BCUT2D eigenvalue weighted by Gasteiger charge is -2.20. The number of aromatic nitrogens is 1. The van der Waals surface area contributed by atoms with E-state index in [0.29, 0.717) is 24.2 Å². The fourth-order valence-corrected chi connectivity index (χ4v) is 5.02. The van der Waals surface area contributed by atoms with Gasteiger partial charge < -0.3 is 10.3 Å². The van der Waals surface area contributed by atoms with Crippen LogP contribution in [0, 0.1) is 0 Å². The van der Waals surface area contributed by atoms with Crippen molar-refractivity contribution in [1.29, 1.82) is 0 Å². The molecule has 1 aliphatic heterocycles. The number of nitrogen functional groups attached to an aromatic ring is 1. The summed E-state index contributed by atoms with van der Waals surface area (Å²) in [6.45, 7) is 0. The largest absolute Gasteiger partial charge is 0.380 e. The van der Waals surface area contributed by atoms with Crippen LogP contribution < -0.4 is 5.73 Å². The van der Waals surface area contributed by atoms with Crippen molar-refractivity contribution in [3.05, 3.63) is 34.5 Å². The summed E-state index contributed by atoms with van der Waals surface area (Å²) in [6.07, 6.45) is 2.12. The van der Waals surface area contributed by atoms with Crippen molar-refractivity contribution in [3.8, 4) is 11.1 Å². The van der Waals surface area contributed by atoms with Crippen molar-refractivity contribution in [2.75, 3.05) is 11.5 Å². The van der Waals surface area contributed by atoms with Crippen LogP contribution in [0.5, 0.6) is 0 Å². The standard InChI is InChI=1S/C14H15BrN2O3S/c15-10-5-3-4-9(8-10)12-13(20-17-14(12)16)11-6-1-2-7-21(11,18)19/h3-5,8,11H,1-2,6-7H2,(H2,16,17). The van der Waals surface area contributed by atoms with Crippen molar-refractivity contribution < 1.29 is 12.9 Å². The number of hydrogen-bond donors (Lipinski definition) is 1. The minimum Gasteiger partial charge on any atom is -0.380 e. The highest BCUT2D eigenvalue weighted by molar-refractivity contribution is 9.10. The molecule has 2 heterocycles. The zero-order valence-electron chi connectivity index (χ0n) is 11.3. The van der Waals surface area contributed by atoms with Gasteiger partial charge in [0.1, 0.15) is 5.25 Å². The molecule has 0 bridgehead atoms. The van der Waals surface area contributed by atoms with Gasteiger partial charge >= 0.3 is 0 Å². The maximum Gasteiger partial charge on any atom is 0.175 e. The molecule has 3 rings (SSSR count). The SMILES string of the molecule is Nc1noc(C2CCCCS2(=O)=O)c1-c1cccc(Br)c1. The molecule has 2 N–H and O–H groups in total. The Hall–Kier alpha value is -1.34. The molecular weight excluding hydrogens is 356 g/mol. The van der Waals surface area contributed by atoms with E-state index in [2.05, 4.69) is 21.1 Å². The number of benzene rings is 1. The third-order valence-electron chi connectivity index (χ3n) is 3.73. The molecule has 1 atom stereocenters. The average molecular weight is 371 g/mol. The van der Waals surface area contributed by atoms with Gasteiger partial charge in [0, 0.05) is 4.47 Å². The molecule has 0 radical (unpaired) electrons. The number of anilines is 1. The van der Waals surface area contributed by atoms with E-state index in [-0.39, 0.29) is 11.6 Å². The molecule has 7 heteroatoms. The maximum atomic E-state index is 12.3. The molecule has 0 saturated carbocycles. The Balaban J connectivity index is 2.13. The lowest BCUT2D eigenvalue weighted by atomic mass is 10.0. The van der Waals surface area contributed by atoms with E-state index in [1.165, 1.54) is 0 Å². The van der Waals surface area contributed by atoms with E-state index in [9.17, 15) is 8.42 Å². The first-order chi connectivity index (χ1) is 9.99. The second-order valence-corrected chi connectivity index (χ2v) is 8.39. The van der Waals surface area contributed by atoms with Gasteiger partial charge in [-0.2, -0.15) is 0 Å². The van der Waals surface area contributed by atoms with Crippen LogP contribution >= 0.6 is 15.9 Å². The molecule has 5 nitrogen and oxygen atoms in total. The molecule has 2 aromatic rings. The van der Waals surface area contributed by atoms with E-state index in [1.807, 2.05) is 24.3 Å². The summed E-state index contributed by atoms with van der Waals surface area (Å²) in [5.41, 5.74) is 7.30. The van der Waals surface area contributed by atoms with Crippen LogP contribution in [0.25, 0.3) is 11.1 Å². The molecule has 0 spiro atoms. The molecule has 0 amide bonds. The van der Waals surface area contributed by atoms with Gasteiger partial charge in [-0.05, 0) is 30.5 Å². The molecule has 1 fully saturated rings. The Morgan fingerprint density at radius 3 is 2.86 bits per heavy atom. The Bertz CT molecular complexity index is 770. The molecule has 112 valence electrons. The first kappa shape index (κ1) is 14.6. The van der Waals surface area contributed by atoms with Gasteiger partial charge in [0.15, 0.2) is 21.4 Å². The fraction of sp³-hybridized carbons (Fsp3) is 0.357. The normalized spacial score (nSPS) is 21.3. The Labute approximate surface area is 131 Å². The maximum absolute atomic E-state index is 12.3. The molecule has 0 aliphatic carbocycles. The van der Waals surface area contributed by atoms with Crippen molar-refractivity contribution in [3.63, 3.8) is 0 Å². The number of sulfone groups is 1. The smallest absolute Gasteiger partial charge is 0.175 e. The summed E-state index contributed by atoms with van der Waals surface area (Å²) >= 11 is 3.41. The number of halogens is 1. The van der Waals surface area contributed by atoms with Gasteiger partial charge in [-0.25, -0.2) is 8.42 Å². The quantitative estimate of drug-likeness (QED) is 0.875. The molecule has 1 aliphatic rings. The van der Waals surface area contributed by atoms with E-state index in [1.54, 1.807) is 0 Å². The average Bonchev–Trinajstić information content (AvgIpc) is 2.80. The topological polar surface area (TPSA) is 86.2 Å². The summed E-state index contributed by atoms with van der Waals surface area (Å²) in [5, 5.41) is 3.14. The van der Waals surface area contributed by atoms with Crippen molar-refractivity contribution in [2.24, 2.45) is 0 Å². The zero-order chi connectivity index (χ0) is 15.0. The van der Waals surface area contributed by atoms with Gasteiger partial charge in [0.2, 0.25) is 0 Å². The van der Waals surface area contributed by atoms with Gasteiger partial charge in [0.25, 0.3) is 0 Å². The Morgan fingerprint density at radius 2 is 2.14 bits per heavy atom. The lowest BCUT2D eigenvalue weighted by molar-refractivity contribution is 0.372. The van der Waals surface area contributed by atoms with E-state index in [4.69, 9.17) is 10.3 Å².